The Kier molecular flexibility index (Phi) is 3.61. The third-order valence-electron chi connectivity index (χ3n) is 2.61. The van der Waals surface area contributed by atoms with Crippen LogP contribution in [0.25, 0.3) is 0 Å². The molecule has 0 atom stereocenters. The number of alkyl halides is 1. The molecule has 1 fully saturated rings. The summed E-state index contributed by atoms with van der Waals surface area (Å²) in [7, 11) is -1.89. The fraction of sp³-hybridized carbons (Fsp3) is 0.455. The molecular weight excluding hydrogens is 262 g/mol. The SMILES string of the molecule is COc1ccc(S(=O)(=O)NC2CC2)cc1CCl. The molecule has 0 spiro atoms. The van der Waals surface area contributed by atoms with Crippen molar-refractivity contribution in [2.24, 2.45) is 0 Å². The first-order valence-corrected chi connectivity index (χ1v) is 7.34. The number of rotatable bonds is 5. The summed E-state index contributed by atoms with van der Waals surface area (Å²) in [5.41, 5.74) is 0.674. The molecule has 4 nitrogen and oxygen atoms in total. The maximum absolute atomic E-state index is 12.0. The quantitative estimate of drug-likeness (QED) is 0.835. The highest BCUT2D eigenvalue weighted by Crippen LogP contribution is 2.26. The molecule has 0 heterocycles. The first-order chi connectivity index (χ1) is 8.06. The highest BCUT2D eigenvalue weighted by molar-refractivity contribution is 7.89. The van der Waals surface area contributed by atoms with Gasteiger partial charge in [-0.2, -0.15) is 0 Å². The fourth-order valence-electron chi connectivity index (χ4n) is 1.52. The van der Waals surface area contributed by atoms with Crippen LogP contribution in [0.2, 0.25) is 0 Å². The molecule has 0 amide bonds. The Labute approximate surface area is 106 Å². The van der Waals surface area contributed by atoms with E-state index < -0.39 is 10.0 Å². The van der Waals surface area contributed by atoms with E-state index >= 15 is 0 Å². The van der Waals surface area contributed by atoms with Crippen LogP contribution in [0.3, 0.4) is 0 Å². The molecule has 1 aliphatic rings. The van der Waals surface area contributed by atoms with Gasteiger partial charge in [-0.05, 0) is 31.0 Å². The lowest BCUT2D eigenvalue weighted by molar-refractivity contribution is 0.411. The standard InChI is InChI=1S/C11H14ClNO3S/c1-16-11-5-4-10(6-8(11)7-12)17(14,15)13-9-2-3-9/h4-6,9,13H,2-3,7H2,1H3. The van der Waals surface area contributed by atoms with E-state index in [1.54, 1.807) is 12.1 Å². The predicted octanol–water partition coefficient (Wildman–Crippen LogP) is 1.87. The summed E-state index contributed by atoms with van der Waals surface area (Å²) in [5, 5.41) is 0. The molecule has 17 heavy (non-hydrogen) atoms. The Morgan fingerprint density at radius 1 is 1.47 bits per heavy atom. The monoisotopic (exact) mass is 275 g/mol. The van der Waals surface area contributed by atoms with Crippen LogP contribution in [0.4, 0.5) is 0 Å². The van der Waals surface area contributed by atoms with E-state index in [1.165, 1.54) is 13.2 Å². The van der Waals surface area contributed by atoms with E-state index in [0.717, 1.165) is 12.8 Å². The van der Waals surface area contributed by atoms with Crippen LogP contribution in [0.15, 0.2) is 23.1 Å². The third-order valence-corrected chi connectivity index (χ3v) is 4.41. The molecule has 0 radical (unpaired) electrons. The lowest BCUT2D eigenvalue weighted by atomic mass is 10.2. The summed E-state index contributed by atoms with van der Waals surface area (Å²) in [6.45, 7) is 0. The number of methoxy groups -OCH3 is 1. The molecule has 0 aliphatic heterocycles. The number of halogens is 1. The molecule has 1 N–H and O–H groups in total. The minimum Gasteiger partial charge on any atom is -0.496 e. The lowest BCUT2D eigenvalue weighted by Crippen LogP contribution is -2.25. The average molecular weight is 276 g/mol. The summed E-state index contributed by atoms with van der Waals surface area (Å²) in [5.74, 6) is 0.820. The first-order valence-electron chi connectivity index (χ1n) is 5.32. The maximum atomic E-state index is 12.0. The van der Waals surface area contributed by atoms with Crippen molar-refractivity contribution in [2.75, 3.05) is 7.11 Å². The second-order valence-electron chi connectivity index (χ2n) is 4.00. The molecule has 0 saturated heterocycles. The number of ether oxygens (including phenoxy) is 1. The predicted molar refractivity (Wildman–Crippen MR) is 65.9 cm³/mol. The van der Waals surface area contributed by atoms with E-state index in [0.29, 0.717) is 11.3 Å². The van der Waals surface area contributed by atoms with Gasteiger partial charge < -0.3 is 4.74 Å². The summed E-state index contributed by atoms with van der Waals surface area (Å²) in [6.07, 6.45) is 1.83. The smallest absolute Gasteiger partial charge is 0.240 e. The van der Waals surface area contributed by atoms with E-state index in [-0.39, 0.29) is 16.8 Å². The topological polar surface area (TPSA) is 55.4 Å². The molecule has 1 aromatic rings. The van der Waals surface area contributed by atoms with Gasteiger partial charge >= 0.3 is 0 Å². The molecule has 0 unspecified atom stereocenters. The van der Waals surface area contributed by atoms with Gasteiger partial charge in [0.25, 0.3) is 0 Å². The average Bonchev–Trinajstić information content (AvgIpc) is 3.11. The van der Waals surface area contributed by atoms with Crippen LogP contribution in [-0.4, -0.2) is 21.6 Å². The van der Waals surface area contributed by atoms with Gasteiger partial charge in [0.2, 0.25) is 10.0 Å². The van der Waals surface area contributed by atoms with Crippen molar-refractivity contribution in [1.82, 2.24) is 4.72 Å². The van der Waals surface area contributed by atoms with Crippen molar-refractivity contribution in [3.8, 4) is 5.75 Å². The minimum atomic E-state index is -3.42. The maximum Gasteiger partial charge on any atom is 0.240 e. The first kappa shape index (κ1) is 12.7. The van der Waals surface area contributed by atoms with Gasteiger partial charge in [0, 0.05) is 11.6 Å². The molecule has 6 heteroatoms. The van der Waals surface area contributed by atoms with E-state index in [2.05, 4.69) is 4.72 Å². The Morgan fingerprint density at radius 3 is 2.71 bits per heavy atom. The second-order valence-corrected chi connectivity index (χ2v) is 5.98. The number of nitrogens with one attached hydrogen (secondary N) is 1. The molecular formula is C11H14ClNO3S. The molecule has 94 valence electrons. The van der Waals surface area contributed by atoms with Crippen molar-refractivity contribution >= 4 is 21.6 Å². The number of hydrogen-bond acceptors (Lipinski definition) is 3. The van der Waals surface area contributed by atoms with Gasteiger partial charge in [-0.15, -0.1) is 11.6 Å². The van der Waals surface area contributed by atoms with Gasteiger partial charge in [0.05, 0.1) is 17.9 Å². The minimum absolute atomic E-state index is 0.0987. The van der Waals surface area contributed by atoms with Crippen molar-refractivity contribution in [3.63, 3.8) is 0 Å². The zero-order chi connectivity index (χ0) is 12.5. The number of benzene rings is 1. The van der Waals surface area contributed by atoms with Crippen molar-refractivity contribution < 1.29 is 13.2 Å². The normalized spacial score (nSPS) is 15.9. The van der Waals surface area contributed by atoms with Crippen LogP contribution in [0.5, 0.6) is 5.75 Å². The fourth-order valence-corrected chi connectivity index (χ4v) is 3.08. The van der Waals surface area contributed by atoms with Gasteiger partial charge in [0.1, 0.15) is 5.75 Å². The molecule has 2 rings (SSSR count). The zero-order valence-corrected chi connectivity index (χ0v) is 11.0. The van der Waals surface area contributed by atoms with Crippen molar-refractivity contribution in [2.45, 2.75) is 29.7 Å². The van der Waals surface area contributed by atoms with Crippen LogP contribution in [0, 0.1) is 0 Å². The van der Waals surface area contributed by atoms with Crippen LogP contribution >= 0.6 is 11.6 Å². The van der Waals surface area contributed by atoms with E-state index in [4.69, 9.17) is 16.3 Å². The van der Waals surface area contributed by atoms with Gasteiger partial charge in [0.15, 0.2) is 0 Å². The molecule has 1 aromatic carbocycles. The number of hydrogen-bond donors (Lipinski definition) is 1. The van der Waals surface area contributed by atoms with E-state index in [9.17, 15) is 8.42 Å². The Bertz CT molecular complexity index is 511. The van der Waals surface area contributed by atoms with E-state index in [1.807, 2.05) is 0 Å². The summed E-state index contributed by atoms with van der Waals surface area (Å²) in [4.78, 5) is 0.237. The Balaban J connectivity index is 2.31. The molecule has 1 saturated carbocycles. The second kappa shape index (κ2) is 4.84. The zero-order valence-electron chi connectivity index (χ0n) is 9.44. The number of sulfonamides is 1. The highest BCUT2D eigenvalue weighted by atomic mass is 35.5. The largest absolute Gasteiger partial charge is 0.496 e. The lowest BCUT2D eigenvalue weighted by Gasteiger charge is -2.09. The Hall–Kier alpha value is -0.780. The van der Waals surface area contributed by atoms with Gasteiger partial charge in [-0.25, -0.2) is 13.1 Å². The molecule has 0 aromatic heterocycles. The summed E-state index contributed by atoms with van der Waals surface area (Å²) >= 11 is 5.76. The highest BCUT2D eigenvalue weighted by Gasteiger charge is 2.28. The van der Waals surface area contributed by atoms with Crippen molar-refractivity contribution in [3.05, 3.63) is 23.8 Å². The summed E-state index contributed by atoms with van der Waals surface area (Å²) < 4.78 is 31.6. The Morgan fingerprint density at radius 2 is 2.18 bits per heavy atom. The van der Waals surface area contributed by atoms with Crippen LogP contribution in [-0.2, 0) is 15.9 Å². The van der Waals surface area contributed by atoms with Crippen LogP contribution in [0.1, 0.15) is 18.4 Å². The van der Waals surface area contributed by atoms with Crippen molar-refractivity contribution in [1.29, 1.82) is 0 Å². The summed E-state index contributed by atoms with van der Waals surface area (Å²) in [6, 6.07) is 4.80. The third kappa shape index (κ3) is 2.91. The molecule has 1 aliphatic carbocycles. The van der Waals surface area contributed by atoms with Crippen LogP contribution < -0.4 is 9.46 Å². The van der Waals surface area contributed by atoms with Gasteiger partial charge in [-0.3, -0.25) is 0 Å². The van der Waals surface area contributed by atoms with Gasteiger partial charge in [-0.1, -0.05) is 0 Å². The molecule has 0 bridgehead atoms.